The second-order valence-electron chi connectivity index (χ2n) is 4.50. The van der Waals surface area contributed by atoms with Crippen LogP contribution in [0.25, 0.3) is 0 Å². The molecule has 1 aromatic carbocycles. The largest absolute Gasteiger partial charge is 0.416 e. The van der Waals surface area contributed by atoms with Crippen LogP contribution in [0.1, 0.15) is 29.9 Å². The lowest BCUT2D eigenvalue weighted by molar-refractivity contribution is -0.138. The predicted octanol–water partition coefficient (Wildman–Crippen LogP) is 2.06. The molecule has 0 saturated carbocycles. The summed E-state index contributed by atoms with van der Waals surface area (Å²) in [6.45, 7) is 2.47. The number of aryl methyl sites for hydroxylation is 1. The van der Waals surface area contributed by atoms with Crippen molar-refractivity contribution < 1.29 is 13.2 Å². The molecule has 1 unspecified atom stereocenters. The lowest BCUT2D eigenvalue weighted by atomic mass is 9.97. The van der Waals surface area contributed by atoms with Gasteiger partial charge in [-0.1, -0.05) is 18.2 Å². The monoisotopic (exact) mass is 299 g/mol. The SMILES string of the molecule is CCn1ncnc1CC(NN)c1ccccc1C(F)(F)F. The van der Waals surface area contributed by atoms with Crippen LogP contribution in [0.2, 0.25) is 0 Å². The molecule has 0 aliphatic carbocycles. The number of benzene rings is 1. The summed E-state index contributed by atoms with van der Waals surface area (Å²) in [5, 5.41) is 4.00. The van der Waals surface area contributed by atoms with Crippen LogP contribution < -0.4 is 11.3 Å². The summed E-state index contributed by atoms with van der Waals surface area (Å²) in [7, 11) is 0. The van der Waals surface area contributed by atoms with Crippen LogP contribution >= 0.6 is 0 Å². The summed E-state index contributed by atoms with van der Waals surface area (Å²) in [6.07, 6.45) is -2.83. The van der Waals surface area contributed by atoms with Crippen molar-refractivity contribution in [3.05, 3.63) is 47.5 Å². The lowest BCUT2D eigenvalue weighted by Crippen LogP contribution is -2.32. The minimum Gasteiger partial charge on any atom is -0.271 e. The number of nitrogens with two attached hydrogens (primary N) is 1. The van der Waals surface area contributed by atoms with E-state index in [4.69, 9.17) is 5.84 Å². The number of aromatic nitrogens is 3. The van der Waals surface area contributed by atoms with Crippen molar-refractivity contribution in [1.29, 1.82) is 0 Å². The van der Waals surface area contributed by atoms with E-state index in [1.165, 1.54) is 18.5 Å². The zero-order chi connectivity index (χ0) is 15.5. The molecule has 0 radical (unpaired) electrons. The zero-order valence-corrected chi connectivity index (χ0v) is 11.4. The highest BCUT2D eigenvalue weighted by molar-refractivity contribution is 5.32. The molecule has 0 bridgehead atoms. The molecule has 3 N–H and O–H groups in total. The number of hydrazine groups is 1. The summed E-state index contributed by atoms with van der Waals surface area (Å²) >= 11 is 0. The minimum atomic E-state index is -4.43. The second kappa shape index (κ2) is 6.23. The van der Waals surface area contributed by atoms with E-state index in [0.717, 1.165) is 6.07 Å². The van der Waals surface area contributed by atoms with Gasteiger partial charge in [-0.25, -0.2) is 4.98 Å². The van der Waals surface area contributed by atoms with Gasteiger partial charge in [0.2, 0.25) is 0 Å². The molecular weight excluding hydrogens is 283 g/mol. The maximum Gasteiger partial charge on any atom is 0.416 e. The van der Waals surface area contributed by atoms with Crippen molar-refractivity contribution in [2.24, 2.45) is 5.84 Å². The lowest BCUT2D eigenvalue weighted by Gasteiger charge is -2.20. The number of nitrogens with zero attached hydrogens (tertiary/aromatic N) is 3. The second-order valence-corrected chi connectivity index (χ2v) is 4.50. The van der Waals surface area contributed by atoms with Crippen LogP contribution in [0.4, 0.5) is 13.2 Å². The van der Waals surface area contributed by atoms with Crippen LogP contribution in [0.5, 0.6) is 0 Å². The Morgan fingerprint density at radius 3 is 2.67 bits per heavy atom. The first-order chi connectivity index (χ1) is 9.97. The number of hydrogen-bond donors (Lipinski definition) is 2. The molecule has 0 spiro atoms. The van der Waals surface area contributed by atoms with E-state index < -0.39 is 17.8 Å². The molecular formula is C13H16F3N5. The number of alkyl halides is 3. The number of rotatable bonds is 5. The molecule has 0 amide bonds. The van der Waals surface area contributed by atoms with Crippen molar-refractivity contribution in [3.8, 4) is 0 Å². The molecule has 2 aromatic rings. The molecule has 0 aliphatic heterocycles. The Hall–Kier alpha value is -1.93. The van der Waals surface area contributed by atoms with Gasteiger partial charge in [0.15, 0.2) is 0 Å². The first kappa shape index (κ1) is 15.5. The third-order valence-corrected chi connectivity index (χ3v) is 3.22. The smallest absolute Gasteiger partial charge is 0.271 e. The van der Waals surface area contributed by atoms with Crippen molar-refractivity contribution in [2.45, 2.75) is 32.1 Å². The average molecular weight is 299 g/mol. The topological polar surface area (TPSA) is 68.8 Å². The van der Waals surface area contributed by atoms with E-state index in [-0.39, 0.29) is 12.0 Å². The molecule has 0 saturated heterocycles. The van der Waals surface area contributed by atoms with E-state index in [1.54, 1.807) is 10.7 Å². The molecule has 8 heteroatoms. The van der Waals surface area contributed by atoms with Crippen LogP contribution in [-0.2, 0) is 19.1 Å². The average Bonchev–Trinajstić information content (AvgIpc) is 2.91. The van der Waals surface area contributed by atoms with Gasteiger partial charge in [-0.3, -0.25) is 16.0 Å². The Bertz CT molecular complexity index is 593. The predicted molar refractivity (Wildman–Crippen MR) is 70.9 cm³/mol. The Kier molecular flexibility index (Phi) is 4.59. The van der Waals surface area contributed by atoms with Crippen LogP contribution in [0, 0.1) is 0 Å². The van der Waals surface area contributed by atoms with Gasteiger partial charge >= 0.3 is 6.18 Å². The summed E-state index contributed by atoms with van der Waals surface area (Å²) in [6, 6.07) is 4.68. The quantitative estimate of drug-likeness (QED) is 0.655. The highest BCUT2D eigenvalue weighted by atomic mass is 19.4. The van der Waals surface area contributed by atoms with E-state index >= 15 is 0 Å². The van der Waals surface area contributed by atoms with Crippen LogP contribution in [0.15, 0.2) is 30.6 Å². The summed E-state index contributed by atoms with van der Waals surface area (Å²) in [4.78, 5) is 4.07. The van der Waals surface area contributed by atoms with Gasteiger partial charge in [0.05, 0.1) is 11.6 Å². The Morgan fingerprint density at radius 2 is 2.05 bits per heavy atom. The highest BCUT2D eigenvalue weighted by Gasteiger charge is 2.35. The molecule has 1 atom stereocenters. The van der Waals surface area contributed by atoms with Gasteiger partial charge < -0.3 is 0 Å². The van der Waals surface area contributed by atoms with Gasteiger partial charge in [0, 0.05) is 13.0 Å². The Labute approximate surface area is 119 Å². The molecule has 0 aliphatic rings. The van der Waals surface area contributed by atoms with Crippen molar-refractivity contribution in [3.63, 3.8) is 0 Å². The Morgan fingerprint density at radius 1 is 1.33 bits per heavy atom. The van der Waals surface area contributed by atoms with E-state index in [0.29, 0.717) is 12.4 Å². The first-order valence-electron chi connectivity index (χ1n) is 6.46. The maximum atomic E-state index is 13.1. The van der Waals surface area contributed by atoms with Crippen molar-refractivity contribution in [1.82, 2.24) is 20.2 Å². The number of nitrogens with one attached hydrogen (secondary N) is 1. The van der Waals surface area contributed by atoms with E-state index in [1.807, 2.05) is 6.92 Å². The van der Waals surface area contributed by atoms with E-state index in [2.05, 4.69) is 15.5 Å². The fourth-order valence-electron chi connectivity index (χ4n) is 2.21. The molecule has 5 nitrogen and oxygen atoms in total. The van der Waals surface area contributed by atoms with E-state index in [9.17, 15) is 13.2 Å². The molecule has 114 valence electrons. The Balaban J connectivity index is 2.34. The molecule has 0 fully saturated rings. The fraction of sp³-hybridized carbons (Fsp3) is 0.385. The zero-order valence-electron chi connectivity index (χ0n) is 11.4. The van der Waals surface area contributed by atoms with Crippen molar-refractivity contribution in [2.75, 3.05) is 0 Å². The molecule has 1 heterocycles. The third kappa shape index (κ3) is 3.40. The summed E-state index contributed by atoms with van der Waals surface area (Å²) in [5.74, 6) is 6.03. The van der Waals surface area contributed by atoms with Gasteiger partial charge in [0.1, 0.15) is 12.2 Å². The standard InChI is InChI=1S/C13H16F3N5/c1-2-21-12(18-8-19-21)7-11(20-17)9-5-3-4-6-10(9)13(14,15)16/h3-6,8,11,20H,2,7,17H2,1H3. The van der Waals surface area contributed by atoms with Gasteiger partial charge in [-0.15, -0.1) is 0 Å². The first-order valence-corrected chi connectivity index (χ1v) is 6.46. The minimum absolute atomic E-state index is 0.0955. The number of hydrogen-bond acceptors (Lipinski definition) is 4. The molecule has 1 aromatic heterocycles. The maximum absolute atomic E-state index is 13.1. The molecule has 2 rings (SSSR count). The summed E-state index contributed by atoms with van der Waals surface area (Å²) in [5.41, 5.74) is 1.84. The third-order valence-electron chi connectivity index (χ3n) is 3.22. The van der Waals surface area contributed by atoms with Gasteiger partial charge in [0.25, 0.3) is 0 Å². The molecule has 21 heavy (non-hydrogen) atoms. The van der Waals surface area contributed by atoms with Crippen molar-refractivity contribution >= 4 is 0 Å². The number of halogens is 3. The summed E-state index contributed by atoms with van der Waals surface area (Å²) < 4.78 is 40.8. The highest BCUT2D eigenvalue weighted by Crippen LogP contribution is 2.35. The normalized spacial score (nSPS) is 13.4. The van der Waals surface area contributed by atoms with Gasteiger partial charge in [-0.05, 0) is 18.6 Å². The van der Waals surface area contributed by atoms with Gasteiger partial charge in [-0.2, -0.15) is 18.3 Å². The van der Waals surface area contributed by atoms with Crippen LogP contribution in [0.3, 0.4) is 0 Å². The fourth-order valence-corrected chi connectivity index (χ4v) is 2.21. The van der Waals surface area contributed by atoms with Crippen LogP contribution in [-0.4, -0.2) is 14.8 Å².